The van der Waals surface area contributed by atoms with Gasteiger partial charge in [-0.1, -0.05) is 0 Å². The van der Waals surface area contributed by atoms with Crippen molar-refractivity contribution >= 4 is 10.9 Å². The topological polar surface area (TPSA) is 124 Å². The number of hydrogen-bond acceptors (Lipinski definition) is 7. The van der Waals surface area contributed by atoms with E-state index in [2.05, 4.69) is 16.8 Å². The monoisotopic (exact) mass is 443 g/mol. The summed E-state index contributed by atoms with van der Waals surface area (Å²) in [6, 6.07) is 5.68. The average molecular weight is 443 g/mol. The van der Waals surface area contributed by atoms with Crippen LogP contribution in [-0.2, 0) is 4.74 Å². The Morgan fingerprint density at radius 1 is 1.03 bits per heavy atom. The van der Waals surface area contributed by atoms with E-state index in [9.17, 15) is 20.4 Å². The fourth-order valence-corrected chi connectivity index (χ4v) is 5.03. The minimum atomic E-state index is -1.49. The van der Waals surface area contributed by atoms with Gasteiger partial charge < -0.3 is 39.6 Å². The summed E-state index contributed by atoms with van der Waals surface area (Å²) < 4.78 is 17.4. The van der Waals surface area contributed by atoms with E-state index in [1.807, 2.05) is 18.2 Å². The third kappa shape index (κ3) is 4.07. The molecule has 32 heavy (non-hydrogen) atoms. The molecule has 0 amide bonds. The van der Waals surface area contributed by atoms with Crippen LogP contribution in [-0.4, -0.2) is 69.3 Å². The minimum absolute atomic E-state index is 0.417. The SMILES string of the molecule is OC[C@H]1O[C@@H](Oc2c[nH]c3ccc(OC[C@@H]4[C@@H]5CCC#CCC[C@@H]54)cc23)[C@H](O)[C@@H](O)[C@@H]1O. The number of rotatable bonds is 6. The van der Waals surface area contributed by atoms with Crippen molar-refractivity contribution in [3.05, 3.63) is 24.4 Å². The molecule has 1 aromatic carbocycles. The van der Waals surface area contributed by atoms with Crippen molar-refractivity contribution in [3.63, 3.8) is 0 Å². The van der Waals surface area contributed by atoms with Crippen LogP contribution in [0.4, 0.5) is 0 Å². The van der Waals surface area contributed by atoms with Gasteiger partial charge in [0.05, 0.1) is 13.2 Å². The molecule has 0 unspecified atom stereocenters. The maximum Gasteiger partial charge on any atom is 0.229 e. The lowest BCUT2D eigenvalue weighted by molar-refractivity contribution is -0.277. The van der Waals surface area contributed by atoms with E-state index in [0.717, 1.165) is 42.3 Å². The number of aliphatic hydroxyl groups excluding tert-OH is 4. The van der Waals surface area contributed by atoms with Gasteiger partial charge in [0.2, 0.25) is 6.29 Å². The predicted molar refractivity (Wildman–Crippen MR) is 115 cm³/mol. The zero-order valence-electron chi connectivity index (χ0n) is 17.7. The van der Waals surface area contributed by atoms with Gasteiger partial charge in [0.15, 0.2) is 0 Å². The van der Waals surface area contributed by atoms with Gasteiger partial charge in [-0.15, -0.1) is 11.8 Å². The summed E-state index contributed by atoms with van der Waals surface area (Å²) >= 11 is 0. The molecule has 1 saturated carbocycles. The standard InChI is InChI=1S/C24H29NO7/c26-11-20-21(27)22(28)23(29)24(32-20)31-19-10-25-18-8-7-13(9-16(18)19)30-12-17-14-5-3-1-2-4-6-15(14)17/h7-10,14-15,17,20-29H,3-6,11-12H2/t14-,15+,17-,20-,21-,22+,23-,24-/m1/s1. The number of aromatic nitrogens is 1. The third-order valence-electron chi connectivity index (χ3n) is 6.99. The minimum Gasteiger partial charge on any atom is -0.493 e. The van der Waals surface area contributed by atoms with Gasteiger partial charge >= 0.3 is 0 Å². The van der Waals surface area contributed by atoms with E-state index in [4.69, 9.17) is 14.2 Å². The zero-order valence-corrected chi connectivity index (χ0v) is 17.7. The fourth-order valence-electron chi connectivity index (χ4n) is 5.03. The molecule has 2 heterocycles. The Balaban J connectivity index is 1.26. The first-order chi connectivity index (χ1) is 15.6. The third-order valence-corrected chi connectivity index (χ3v) is 6.99. The summed E-state index contributed by atoms with van der Waals surface area (Å²) in [7, 11) is 0. The molecule has 5 N–H and O–H groups in total. The highest BCUT2D eigenvalue weighted by Gasteiger charge is 2.49. The summed E-state index contributed by atoms with van der Waals surface area (Å²) in [5.74, 6) is 9.61. The number of nitrogens with one attached hydrogen (secondary N) is 1. The van der Waals surface area contributed by atoms with Crippen LogP contribution in [0.1, 0.15) is 25.7 Å². The Hall–Kier alpha value is -2.28. The second-order valence-electron chi connectivity index (χ2n) is 8.91. The van der Waals surface area contributed by atoms with E-state index in [-0.39, 0.29) is 0 Å². The molecule has 8 heteroatoms. The van der Waals surface area contributed by atoms with Gasteiger partial charge in [-0.05, 0) is 48.8 Å². The molecule has 2 fully saturated rings. The summed E-state index contributed by atoms with van der Waals surface area (Å²) in [5.41, 5.74) is 0.821. The highest BCUT2D eigenvalue weighted by atomic mass is 16.7. The Bertz CT molecular complexity index is 991. The number of H-pyrrole nitrogens is 1. The normalized spacial score (nSPS) is 36.4. The smallest absolute Gasteiger partial charge is 0.229 e. The van der Waals surface area contributed by atoms with Crippen molar-refractivity contribution in [2.75, 3.05) is 13.2 Å². The predicted octanol–water partition coefficient (Wildman–Crippen LogP) is 1.16. The molecule has 8 nitrogen and oxygen atoms in total. The van der Waals surface area contributed by atoms with Crippen molar-refractivity contribution in [2.45, 2.75) is 56.4 Å². The van der Waals surface area contributed by atoms with E-state index in [0.29, 0.717) is 30.1 Å². The summed E-state index contributed by atoms with van der Waals surface area (Å²) in [6.45, 7) is 0.167. The van der Waals surface area contributed by atoms with Gasteiger partial charge in [-0.3, -0.25) is 0 Å². The van der Waals surface area contributed by atoms with Gasteiger partial charge in [0.25, 0.3) is 0 Å². The average Bonchev–Trinajstić information content (AvgIpc) is 3.26. The maximum absolute atomic E-state index is 10.3. The fraction of sp³-hybridized carbons (Fsp3) is 0.583. The first kappa shape index (κ1) is 21.6. The molecular formula is C24H29NO7. The number of aromatic amines is 1. The van der Waals surface area contributed by atoms with Crippen LogP contribution in [0.2, 0.25) is 0 Å². The summed E-state index contributed by atoms with van der Waals surface area (Å²) in [6.07, 6.45) is -0.746. The van der Waals surface area contributed by atoms with Crippen LogP contribution in [0, 0.1) is 29.6 Å². The molecule has 0 radical (unpaired) electrons. The molecule has 1 aliphatic heterocycles. The lowest BCUT2D eigenvalue weighted by Gasteiger charge is -2.39. The Morgan fingerprint density at radius 2 is 1.78 bits per heavy atom. The van der Waals surface area contributed by atoms with Crippen LogP contribution < -0.4 is 9.47 Å². The van der Waals surface area contributed by atoms with Crippen LogP contribution in [0.3, 0.4) is 0 Å². The Kier molecular flexibility index (Phi) is 6.01. The lowest BCUT2D eigenvalue weighted by atomic mass is 9.99. The molecule has 1 saturated heterocycles. The quantitative estimate of drug-likeness (QED) is 0.425. The molecule has 1 aromatic heterocycles. The molecule has 0 spiro atoms. The number of fused-ring (bicyclic) bond motifs is 2. The van der Waals surface area contributed by atoms with Crippen LogP contribution in [0.25, 0.3) is 10.9 Å². The van der Waals surface area contributed by atoms with Crippen molar-refractivity contribution in [1.29, 1.82) is 0 Å². The highest BCUT2D eigenvalue weighted by Crippen LogP contribution is 2.52. The van der Waals surface area contributed by atoms with Crippen molar-refractivity contribution in [2.24, 2.45) is 17.8 Å². The molecule has 172 valence electrons. The molecule has 2 aliphatic carbocycles. The Labute approximate surface area is 186 Å². The van der Waals surface area contributed by atoms with Gasteiger partial charge in [0.1, 0.15) is 35.9 Å². The van der Waals surface area contributed by atoms with Gasteiger partial charge in [-0.2, -0.15) is 0 Å². The molecule has 0 bridgehead atoms. The number of aliphatic hydroxyl groups is 4. The summed E-state index contributed by atoms with van der Waals surface area (Å²) in [4.78, 5) is 3.10. The van der Waals surface area contributed by atoms with E-state index < -0.39 is 37.3 Å². The van der Waals surface area contributed by atoms with E-state index in [1.165, 1.54) is 0 Å². The lowest BCUT2D eigenvalue weighted by Crippen LogP contribution is -2.60. The van der Waals surface area contributed by atoms with Crippen LogP contribution >= 0.6 is 0 Å². The second kappa shape index (κ2) is 8.93. The highest BCUT2D eigenvalue weighted by molar-refractivity contribution is 5.87. The molecule has 2 aromatic rings. The van der Waals surface area contributed by atoms with Gasteiger partial charge in [-0.25, -0.2) is 0 Å². The second-order valence-corrected chi connectivity index (χ2v) is 8.91. The number of benzene rings is 1. The van der Waals surface area contributed by atoms with Crippen molar-refractivity contribution in [3.8, 4) is 23.3 Å². The van der Waals surface area contributed by atoms with Crippen LogP contribution in [0.15, 0.2) is 24.4 Å². The first-order valence-electron chi connectivity index (χ1n) is 11.2. The summed E-state index contributed by atoms with van der Waals surface area (Å²) in [5, 5.41) is 40.3. The maximum atomic E-state index is 10.3. The number of hydrogen-bond donors (Lipinski definition) is 5. The molecule has 3 aliphatic rings. The largest absolute Gasteiger partial charge is 0.493 e. The molecule has 8 atom stereocenters. The van der Waals surface area contributed by atoms with Crippen molar-refractivity contribution in [1.82, 2.24) is 4.98 Å². The first-order valence-corrected chi connectivity index (χ1v) is 11.2. The van der Waals surface area contributed by atoms with E-state index in [1.54, 1.807) is 6.20 Å². The molecular weight excluding hydrogens is 414 g/mol. The Morgan fingerprint density at radius 3 is 2.50 bits per heavy atom. The number of ether oxygens (including phenoxy) is 3. The van der Waals surface area contributed by atoms with Crippen LogP contribution in [0.5, 0.6) is 11.5 Å². The zero-order chi connectivity index (χ0) is 22.2. The molecule has 5 rings (SSSR count). The van der Waals surface area contributed by atoms with E-state index >= 15 is 0 Å². The van der Waals surface area contributed by atoms with Crippen molar-refractivity contribution < 1.29 is 34.6 Å². The van der Waals surface area contributed by atoms with Gasteiger partial charge in [0, 0.05) is 29.9 Å².